The summed E-state index contributed by atoms with van der Waals surface area (Å²) in [5, 5.41) is 6.09. The van der Waals surface area contributed by atoms with Crippen LogP contribution in [0.2, 0.25) is 0 Å². The number of guanidine groups is 1. The third kappa shape index (κ3) is 4.98. The number of hydrogen-bond acceptors (Lipinski definition) is 2. The number of carbonyl (C=O) groups excluding carboxylic acids is 1. The number of hydrogen-bond donors (Lipinski definition) is 2. The van der Waals surface area contributed by atoms with Gasteiger partial charge >= 0.3 is 0 Å². The van der Waals surface area contributed by atoms with Crippen LogP contribution in [0.25, 0.3) is 0 Å². The Hall–Kier alpha value is -2.04. The molecule has 132 valence electrons. The first-order chi connectivity index (χ1) is 11.5. The molecule has 0 aliphatic carbocycles. The molecule has 0 bridgehead atoms. The molecule has 5 heteroatoms. The number of carbonyl (C=O) groups is 1. The molecule has 1 aromatic rings. The summed E-state index contributed by atoms with van der Waals surface area (Å²) in [6, 6.07) is 7.69. The summed E-state index contributed by atoms with van der Waals surface area (Å²) in [6.45, 7) is 7.39. The highest BCUT2D eigenvalue weighted by atomic mass is 16.1. The van der Waals surface area contributed by atoms with Gasteiger partial charge in [-0.2, -0.15) is 0 Å². The Labute approximate surface area is 145 Å². The van der Waals surface area contributed by atoms with Crippen LogP contribution in [-0.2, 0) is 6.54 Å². The number of aliphatic imine (C=N–C) groups is 1. The van der Waals surface area contributed by atoms with E-state index in [1.807, 2.05) is 31.3 Å². The second-order valence-electron chi connectivity index (χ2n) is 6.91. The zero-order valence-electron chi connectivity index (χ0n) is 15.3. The van der Waals surface area contributed by atoms with Gasteiger partial charge in [0.1, 0.15) is 0 Å². The van der Waals surface area contributed by atoms with Crippen molar-refractivity contribution in [3.63, 3.8) is 0 Å². The Bertz CT molecular complexity index is 582. The van der Waals surface area contributed by atoms with Crippen molar-refractivity contribution in [1.82, 2.24) is 15.5 Å². The smallest absolute Gasteiger partial charge is 0.251 e. The van der Waals surface area contributed by atoms with Crippen LogP contribution in [0, 0.1) is 11.8 Å². The average Bonchev–Trinajstić information content (AvgIpc) is 3.02. The molecule has 0 radical (unpaired) electrons. The van der Waals surface area contributed by atoms with E-state index in [0.717, 1.165) is 36.4 Å². The maximum atomic E-state index is 11.7. The maximum Gasteiger partial charge on any atom is 0.251 e. The first kappa shape index (κ1) is 18.3. The van der Waals surface area contributed by atoms with Gasteiger partial charge in [0.05, 0.1) is 0 Å². The fourth-order valence-electron chi connectivity index (χ4n) is 3.36. The van der Waals surface area contributed by atoms with Gasteiger partial charge in [0.2, 0.25) is 0 Å². The minimum Gasteiger partial charge on any atom is -0.355 e. The van der Waals surface area contributed by atoms with Crippen molar-refractivity contribution in [1.29, 1.82) is 0 Å². The fraction of sp³-hybridized carbons (Fsp3) is 0.579. The van der Waals surface area contributed by atoms with Crippen molar-refractivity contribution in [2.45, 2.75) is 33.2 Å². The summed E-state index contributed by atoms with van der Waals surface area (Å²) in [7, 11) is 3.48. The van der Waals surface area contributed by atoms with Crippen LogP contribution in [-0.4, -0.2) is 44.0 Å². The van der Waals surface area contributed by atoms with Gasteiger partial charge in [0.15, 0.2) is 5.96 Å². The van der Waals surface area contributed by atoms with Gasteiger partial charge in [-0.05, 0) is 42.4 Å². The Morgan fingerprint density at radius 3 is 2.88 bits per heavy atom. The van der Waals surface area contributed by atoms with Gasteiger partial charge in [0, 0.05) is 39.3 Å². The number of nitrogens with zero attached hydrogens (tertiary/aromatic N) is 2. The fourth-order valence-corrected chi connectivity index (χ4v) is 3.36. The van der Waals surface area contributed by atoms with E-state index < -0.39 is 0 Å². The molecule has 2 rings (SSSR count). The van der Waals surface area contributed by atoms with Crippen molar-refractivity contribution in [2.24, 2.45) is 16.8 Å². The number of rotatable bonds is 5. The minimum atomic E-state index is -0.0581. The molecule has 1 aliphatic rings. The summed E-state index contributed by atoms with van der Waals surface area (Å²) in [5.74, 6) is 2.40. The molecule has 1 aliphatic heterocycles. The molecule has 1 saturated heterocycles. The summed E-state index contributed by atoms with van der Waals surface area (Å²) in [4.78, 5) is 18.5. The van der Waals surface area contributed by atoms with E-state index in [2.05, 4.69) is 34.4 Å². The summed E-state index contributed by atoms with van der Waals surface area (Å²) >= 11 is 0. The third-order valence-corrected chi connectivity index (χ3v) is 4.47. The third-order valence-electron chi connectivity index (χ3n) is 4.47. The maximum absolute atomic E-state index is 11.7. The van der Waals surface area contributed by atoms with E-state index in [1.165, 1.54) is 12.8 Å². The number of nitrogens with one attached hydrogen (secondary N) is 2. The first-order valence-electron chi connectivity index (χ1n) is 8.80. The van der Waals surface area contributed by atoms with E-state index >= 15 is 0 Å². The number of likely N-dealkylation sites (tertiary alicyclic amines) is 1. The largest absolute Gasteiger partial charge is 0.355 e. The van der Waals surface area contributed by atoms with Crippen molar-refractivity contribution >= 4 is 11.9 Å². The topological polar surface area (TPSA) is 56.7 Å². The van der Waals surface area contributed by atoms with E-state index in [4.69, 9.17) is 0 Å². The van der Waals surface area contributed by atoms with Crippen molar-refractivity contribution in [3.05, 3.63) is 35.4 Å². The van der Waals surface area contributed by atoms with Gasteiger partial charge in [-0.15, -0.1) is 0 Å². The highest BCUT2D eigenvalue weighted by Gasteiger charge is 2.25. The molecule has 0 saturated carbocycles. The molecule has 1 amide bonds. The zero-order chi connectivity index (χ0) is 17.5. The number of benzene rings is 1. The van der Waals surface area contributed by atoms with Crippen LogP contribution in [0.1, 0.15) is 42.6 Å². The van der Waals surface area contributed by atoms with Crippen LogP contribution >= 0.6 is 0 Å². The predicted molar refractivity (Wildman–Crippen MR) is 99.2 cm³/mol. The molecule has 24 heavy (non-hydrogen) atoms. The molecular weight excluding hydrogens is 300 g/mol. The van der Waals surface area contributed by atoms with Gasteiger partial charge in [-0.3, -0.25) is 9.79 Å². The molecule has 0 aromatic heterocycles. The van der Waals surface area contributed by atoms with Crippen LogP contribution in [0.3, 0.4) is 0 Å². The highest BCUT2D eigenvalue weighted by Crippen LogP contribution is 2.23. The lowest BCUT2D eigenvalue weighted by Gasteiger charge is -2.22. The SMILES string of the molecule is CN=C(NCc1cccc(C(=O)NC)c1)N1CCC(CC(C)C)C1. The molecule has 2 N–H and O–H groups in total. The van der Waals surface area contributed by atoms with Gasteiger partial charge in [-0.25, -0.2) is 0 Å². The molecule has 1 atom stereocenters. The Morgan fingerprint density at radius 1 is 1.42 bits per heavy atom. The molecule has 1 unspecified atom stereocenters. The lowest BCUT2D eigenvalue weighted by Crippen LogP contribution is -2.39. The minimum absolute atomic E-state index is 0.0581. The molecular formula is C19H30N4O. The van der Waals surface area contributed by atoms with Crippen LogP contribution in [0.5, 0.6) is 0 Å². The van der Waals surface area contributed by atoms with E-state index in [-0.39, 0.29) is 5.91 Å². The first-order valence-corrected chi connectivity index (χ1v) is 8.80. The average molecular weight is 330 g/mol. The van der Waals surface area contributed by atoms with E-state index in [9.17, 15) is 4.79 Å². The lowest BCUT2D eigenvalue weighted by atomic mass is 9.97. The summed E-state index contributed by atoms with van der Waals surface area (Å²) in [5.41, 5.74) is 1.76. The predicted octanol–water partition coefficient (Wildman–Crippen LogP) is 2.49. The second-order valence-corrected chi connectivity index (χ2v) is 6.91. The van der Waals surface area contributed by atoms with Crippen molar-refractivity contribution in [2.75, 3.05) is 27.2 Å². The highest BCUT2D eigenvalue weighted by molar-refractivity contribution is 5.94. The van der Waals surface area contributed by atoms with Crippen molar-refractivity contribution < 1.29 is 4.79 Å². The van der Waals surface area contributed by atoms with Gasteiger partial charge < -0.3 is 15.5 Å². The van der Waals surface area contributed by atoms with E-state index in [0.29, 0.717) is 12.1 Å². The van der Waals surface area contributed by atoms with Gasteiger partial charge in [-0.1, -0.05) is 26.0 Å². The Kier molecular flexibility index (Phi) is 6.64. The van der Waals surface area contributed by atoms with E-state index in [1.54, 1.807) is 7.05 Å². The van der Waals surface area contributed by atoms with Crippen molar-refractivity contribution in [3.8, 4) is 0 Å². The molecule has 1 fully saturated rings. The molecule has 0 spiro atoms. The lowest BCUT2D eigenvalue weighted by molar-refractivity contribution is 0.0963. The normalized spacial score (nSPS) is 18.1. The Balaban J connectivity index is 1.92. The van der Waals surface area contributed by atoms with Crippen LogP contribution in [0.15, 0.2) is 29.3 Å². The molecule has 1 heterocycles. The van der Waals surface area contributed by atoms with Crippen LogP contribution in [0.4, 0.5) is 0 Å². The zero-order valence-corrected chi connectivity index (χ0v) is 15.3. The molecule has 5 nitrogen and oxygen atoms in total. The summed E-state index contributed by atoms with van der Waals surface area (Å²) < 4.78 is 0. The summed E-state index contributed by atoms with van der Waals surface area (Å²) in [6.07, 6.45) is 2.52. The van der Waals surface area contributed by atoms with Crippen LogP contribution < -0.4 is 10.6 Å². The standard InChI is InChI=1S/C19H30N4O/c1-14(2)10-16-8-9-23(13-16)19(21-4)22-12-15-6-5-7-17(11-15)18(24)20-3/h5-7,11,14,16H,8-10,12-13H2,1-4H3,(H,20,24)(H,21,22). The number of amides is 1. The van der Waals surface area contributed by atoms with Gasteiger partial charge in [0.25, 0.3) is 5.91 Å². The second kappa shape index (κ2) is 8.71. The molecule has 1 aromatic carbocycles. The monoisotopic (exact) mass is 330 g/mol. The quantitative estimate of drug-likeness (QED) is 0.644. The Morgan fingerprint density at radius 2 is 2.21 bits per heavy atom.